The molecule has 0 saturated carbocycles. The number of hydroxylamine groups is 1. The third-order valence-corrected chi connectivity index (χ3v) is 5.97. The zero-order valence-electron chi connectivity index (χ0n) is 19.6. The Kier molecular flexibility index (Phi) is 7.52. The Labute approximate surface area is 200 Å². The van der Waals surface area contributed by atoms with Gasteiger partial charge in [-0.3, -0.25) is 14.9 Å². The van der Waals surface area contributed by atoms with Crippen molar-refractivity contribution < 1.29 is 10.0 Å². The quantitative estimate of drug-likeness (QED) is 0.213. The lowest BCUT2D eigenvalue weighted by Gasteiger charge is -2.26. The number of fused-ring (bicyclic) bond motifs is 1. The van der Waals surface area contributed by atoms with Gasteiger partial charge in [0.15, 0.2) is 0 Å². The Morgan fingerprint density at radius 2 is 1.79 bits per heavy atom. The van der Waals surface area contributed by atoms with Crippen LogP contribution in [0.4, 0.5) is 0 Å². The maximum atomic E-state index is 11.2. The second-order valence-electron chi connectivity index (χ2n) is 8.59. The van der Waals surface area contributed by atoms with Gasteiger partial charge in [-0.05, 0) is 49.6 Å². The first kappa shape index (κ1) is 23.4. The molecular weight excluding hydrogens is 424 g/mol. The van der Waals surface area contributed by atoms with E-state index in [1.54, 1.807) is 11.6 Å². The molecule has 0 aliphatic rings. The van der Waals surface area contributed by atoms with Gasteiger partial charge in [-0.25, -0.2) is 10.00 Å². The molecule has 0 saturated heterocycles. The minimum Gasteiger partial charge on any atom is -0.296 e. The zero-order valence-corrected chi connectivity index (χ0v) is 19.6. The fraction of sp³-hybridized carbons (Fsp3) is 0.214. The molecule has 4 rings (SSSR count). The Bertz CT molecular complexity index is 1260. The van der Waals surface area contributed by atoms with Gasteiger partial charge in [0.25, 0.3) is 5.91 Å². The van der Waals surface area contributed by atoms with E-state index in [1.807, 2.05) is 35.0 Å². The van der Waals surface area contributed by atoms with Crippen molar-refractivity contribution in [3.63, 3.8) is 0 Å². The molecule has 4 aromatic rings. The maximum absolute atomic E-state index is 11.2. The summed E-state index contributed by atoms with van der Waals surface area (Å²) < 4.78 is 1.97. The number of rotatable bonds is 9. The first-order chi connectivity index (χ1) is 16.5. The molecule has 2 heterocycles. The summed E-state index contributed by atoms with van der Waals surface area (Å²) in [6, 6.07) is 25.1. The molecule has 6 heteroatoms. The molecule has 1 amide bonds. The van der Waals surface area contributed by atoms with Crippen molar-refractivity contribution in [2.45, 2.75) is 32.9 Å². The molecule has 0 aliphatic carbocycles. The van der Waals surface area contributed by atoms with E-state index in [0.29, 0.717) is 6.04 Å². The van der Waals surface area contributed by atoms with Crippen LogP contribution in [0.5, 0.6) is 0 Å². The van der Waals surface area contributed by atoms with Gasteiger partial charge in [-0.1, -0.05) is 60.7 Å². The summed E-state index contributed by atoms with van der Waals surface area (Å²) in [4.78, 5) is 13.6. The number of aromatic nitrogens is 2. The molecule has 2 aromatic carbocycles. The van der Waals surface area contributed by atoms with Crippen LogP contribution in [0.3, 0.4) is 0 Å². The number of nitrogens with one attached hydrogen (secondary N) is 1. The van der Waals surface area contributed by atoms with E-state index >= 15 is 0 Å². The number of hydrogen-bond acceptors (Lipinski definition) is 4. The van der Waals surface area contributed by atoms with Crippen LogP contribution in [0.25, 0.3) is 22.9 Å². The molecule has 0 aliphatic heterocycles. The first-order valence-electron chi connectivity index (χ1n) is 11.5. The molecule has 2 aromatic heterocycles. The molecule has 2 N–H and O–H groups in total. The highest BCUT2D eigenvalue weighted by molar-refractivity contribution is 5.90. The monoisotopic (exact) mass is 454 g/mol. The van der Waals surface area contributed by atoms with Crippen LogP contribution >= 0.6 is 0 Å². The van der Waals surface area contributed by atoms with Crippen LogP contribution in [-0.4, -0.2) is 38.2 Å². The minimum atomic E-state index is -0.544. The largest absolute Gasteiger partial charge is 0.296 e. The van der Waals surface area contributed by atoms with Crippen molar-refractivity contribution in [2.24, 2.45) is 0 Å². The molecule has 6 nitrogen and oxygen atoms in total. The number of pyridine rings is 1. The smallest absolute Gasteiger partial charge is 0.267 e. The Balaban J connectivity index is 1.51. The fourth-order valence-electron chi connectivity index (χ4n) is 4.08. The standard InChI is InChI=1S/C28H30N4O2/c1-21(2)31(20-23-13-11-22(12-14-23)15-16-27(33)30-34)19-17-25-26-10-6-7-18-32(26)29-28(25)24-8-4-3-5-9-24/h3-16,18,21,34H,17,19-20H2,1-2H3,(H,30,33)/b16-15+. The van der Waals surface area contributed by atoms with Crippen molar-refractivity contribution in [1.29, 1.82) is 0 Å². The second kappa shape index (κ2) is 10.9. The van der Waals surface area contributed by atoms with Crippen LogP contribution in [-0.2, 0) is 17.8 Å². The highest BCUT2D eigenvalue weighted by Crippen LogP contribution is 2.27. The van der Waals surface area contributed by atoms with E-state index in [0.717, 1.165) is 41.8 Å². The summed E-state index contributed by atoms with van der Waals surface area (Å²) in [5.41, 5.74) is 8.30. The Morgan fingerprint density at radius 1 is 1.06 bits per heavy atom. The maximum Gasteiger partial charge on any atom is 0.267 e. The van der Waals surface area contributed by atoms with E-state index in [4.69, 9.17) is 10.3 Å². The topological polar surface area (TPSA) is 69.9 Å². The van der Waals surface area contributed by atoms with Gasteiger partial charge in [0, 0.05) is 42.5 Å². The zero-order chi connectivity index (χ0) is 23.9. The van der Waals surface area contributed by atoms with Crippen LogP contribution in [0.15, 0.2) is 85.1 Å². The molecule has 0 spiro atoms. The van der Waals surface area contributed by atoms with Crippen LogP contribution in [0.2, 0.25) is 0 Å². The lowest BCUT2D eigenvalue weighted by Crippen LogP contribution is -2.32. The summed E-state index contributed by atoms with van der Waals surface area (Å²) in [5, 5.41) is 13.5. The molecule has 34 heavy (non-hydrogen) atoms. The number of benzene rings is 2. The minimum absolute atomic E-state index is 0.384. The summed E-state index contributed by atoms with van der Waals surface area (Å²) in [6.07, 6.45) is 5.88. The summed E-state index contributed by atoms with van der Waals surface area (Å²) >= 11 is 0. The van der Waals surface area contributed by atoms with Crippen molar-refractivity contribution in [2.75, 3.05) is 6.54 Å². The van der Waals surface area contributed by atoms with Crippen molar-refractivity contribution in [1.82, 2.24) is 20.0 Å². The van der Waals surface area contributed by atoms with E-state index in [2.05, 4.69) is 67.3 Å². The number of nitrogens with zero attached hydrogens (tertiary/aromatic N) is 3. The second-order valence-corrected chi connectivity index (χ2v) is 8.59. The van der Waals surface area contributed by atoms with Crippen molar-refractivity contribution in [3.8, 4) is 11.3 Å². The van der Waals surface area contributed by atoms with Crippen LogP contribution in [0.1, 0.15) is 30.5 Å². The van der Waals surface area contributed by atoms with Gasteiger partial charge >= 0.3 is 0 Å². The fourth-order valence-corrected chi connectivity index (χ4v) is 4.08. The number of hydrogen-bond donors (Lipinski definition) is 2. The molecule has 0 radical (unpaired) electrons. The van der Waals surface area contributed by atoms with Crippen molar-refractivity contribution >= 4 is 17.5 Å². The predicted molar refractivity (Wildman–Crippen MR) is 135 cm³/mol. The van der Waals surface area contributed by atoms with Gasteiger partial charge in [0.1, 0.15) is 0 Å². The van der Waals surface area contributed by atoms with Gasteiger partial charge in [-0.15, -0.1) is 0 Å². The lowest BCUT2D eigenvalue weighted by atomic mass is 10.0. The predicted octanol–water partition coefficient (Wildman–Crippen LogP) is 4.97. The molecular formula is C28H30N4O2. The average Bonchev–Trinajstić information content (AvgIpc) is 3.24. The van der Waals surface area contributed by atoms with Gasteiger partial charge in [-0.2, -0.15) is 5.10 Å². The lowest BCUT2D eigenvalue weighted by molar-refractivity contribution is -0.124. The van der Waals surface area contributed by atoms with E-state index in [1.165, 1.54) is 17.2 Å². The van der Waals surface area contributed by atoms with Gasteiger partial charge < -0.3 is 0 Å². The normalized spacial score (nSPS) is 11.7. The third-order valence-electron chi connectivity index (χ3n) is 5.97. The van der Waals surface area contributed by atoms with Crippen LogP contribution < -0.4 is 5.48 Å². The van der Waals surface area contributed by atoms with Gasteiger partial charge in [0.05, 0.1) is 11.2 Å². The average molecular weight is 455 g/mol. The summed E-state index contributed by atoms with van der Waals surface area (Å²) in [7, 11) is 0. The number of carbonyl (C=O) groups is 1. The Morgan fingerprint density at radius 3 is 2.50 bits per heavy atom. The molecule has 0 bridgehead atoms. The van der Waals surface area contributed by atoms with Crippen LogP contribution in [0, 0.1) is 0 Å². The van der Waals surface area contributed by atoms with Crippen molar-refractivity contribution in [3.05, 3.63) is 102 Å². The molecule has 174 valence electrons. The van der Waals surface area contributed by atoms with E-state index in [-0.39, 0.29) is 0 Å². The van der Waals surface area contributed by atoms with E-state index < -0.39 is 5.91 Å². The highest BCUT2D eigenvalue weighted by atomic mass is 16.5. The SMILES string of the molecule is CC(C)N(CCc1c(-c2ccccc2)nn2ccccc12)Cc1ccc(/C=C/C(=O)NO)cc1. The third kappa shape index (κ3) is 5.60. The number of amides is 1. The van der Waals surface area contributed by atoms with E-state index in [9.17, 15) is 4.79 Å². The summed E-state index contributed by atoms with van der Waals surface area (Å²) in [6.45, 7) is 6.18. The molecule has 0 fully saturated rings. The molecule has 0 unspecified atom stereocenters. The first-order valence-corrected chi connectivity index (χ1v) is 11.5. The Hall–Kier alpha value is -3.74. The molecule has 0 atom stereocenters. The van der Waals surface area contributed by atoms with Gasteiger partial charge in [0.2, 0.25) is 0 Å². The summed E-state index contributed by atoms with van der Waals surface area (Å²) in [5.74, 6) is -0.544. The number of carbonyl (C=O) groups excluding carboxylic acids is 1. The highest BCUT2D eigenvalue weighted by Gasteiger charge is 2.17.